The van der Waals surface area contributed by atoms with Crippen LogP contribution in [0, 0.1) is 0 Å². The zero-order valence-electron chi connectivity index (χ0n) is 22.1. The van der Waals surface area contributed by atoms with Gasteiger partial charge in [0.15, 0.2) is 5.11 Å². The maximum atomic E-state index is 12.4. The minimum absolute atomic E-state index is 0.155. The average molecular weight is 594 g/mol. The smallest absolute Gasteiger partial charge is 0.228 e. The molecule has 2 amide bonds. The lowest BCUT2D eigenvalue weighted by Gasteiger charge is -2.27. The SMILES string of the molecule is CCCCCCCCCCCCCCCC(=O)N[C@H](NC(=S)Nc1ccc(NC(C)=O)cc1)C(Cl)(Cl)Cl. The summed E-state index contributed by atoms with van der Waals surface area (Å²) < 4.78 is -1.80. The van der Waals surface area contributed by atoms with E-state index in [4.69, 9.17) is 47.0 Å². The van der Waals surface area contributed by atoms with Gasteiger partial charge in [-0.1, -0.05) is 119 Å². The van der Waals surface area contributed by atoms with Gasteiger partial charge in [0.2, 0.25) is 15.6 Å². The van der Waals surface area contributed by atoms with Crippen molar-refractivity contribution in [2.45, 2.75) is 114 Å². The zero-order valence-corrected chi connectivity index (χ0v) is 25.2. The molecule has 1 atom stereocenters. The molecular weight excluding hydrogens is 551 g/mol. The van der Waals surface area contributed by atoms with Crippen LogP contribution in [0.1, 0.15) is 104 Å². The van der Waals surface area contributed by atoms with Crippen molar-refractivity contribution in [2.24, 2.45) is 0 Å². The Bertz CT molecular complexity index is 804. The van der Waals surface area contributed by atoms with Crippen LogP contribution >= 0.6 is 47.0 Å². The number of hydrogen-bond donors (Lipinski definition) is 4. The highest BCUT2D eigenvalue weighted by molar-refractivity contribution is 7.80. The fourth-order valence-electron chi connectivity index (χ4n) is 3.87. The monoisotopic (exact) mass is 592 g/mol. The van der Waals surface area contributed by atoms with Crippen LogP contribution in [-0.2, 0) is 9.59 Å². The van der Waals surface area contributed by atoms with Crippen molar-refractivity contribution >= 4 is 75.3 Å². The van der Waals surface area contributed by atoms with Crippen LogP contribution in [0.3, 0.4) is 0 Å². The fraction of sp³-hybridized carbons (Fsp3) is 0.667. The Balaban J connectivity index is 2.25. The van der Waals surface area contributed by atoms with Crippen molar-refractivity contribution in [1.82, 2.24) is 10.6 Å². The van der Waals surface area contributed by atoms with Crippen molar-refractivity contribution in [1.29, 1.82) is 0 Å². The van der Waals surface area contributed by atoms with Gasteiger partial charge in [0.25, 0.3) is 0 Å². The Morgan fingerprint density at radius 1 is 0.757 bits per heavy atom. The summed E-state index contributed by atoms with van der Waals surface area (Å²) in [6, 6.07) is 6.96. The first-order valence-electron chi connectivity index (χ1n) is 13.4. The Morgan fingerprint density at radius 2 is 1.19 bits per heavy atom. The fourth-order valence-corrected chi connectivity index (χ4v) is 4.44. The van der Waals surface area contributed by atoms with Gasteiger partial charge in [0.05, 0.1) is 0 Å². The third-order valence-electron chi connectivity index (χ3n) is 5.88. The number of carbonyl (C=O) groups excluding carboxylic acids is 2. The van der Waals surface area contributed by atoms with Crippen LogP contribution in [0.4, 0.5) is 11.4 Å². The van der Waals surface area contributed by atoms with Crippen LogP contribution in [0.5, 0.6) is 0 Å². The van der Waals surface area contributed by atoms with Gasteiger partial charge in [-0.15, -0.1) is 0 Å². The van der Waals surface area contributed by atoms with E-state index < -0.39 is 9.96 Å². The molecular formula is C27H43Cl3N4O2S. The Labute approximate surface area is 243 Å². The van der Waals surface area contributed by atoms with Crippen LogP contribution in [0.25, 0.3) is 0 Å². The van der Waals surface area contributed by atoms with E-state index in [1.165, 1.54) is 71.1 Å². The van der Waals surface area contributed by atoms with Gasteiger partial charge in [-0.3, -0.25) is 9.59 Å². The number of anilines is 2. The molecule has 0 heterocycles. The summed E-state index contributed by atoms with van der Waals surface area (Å²) in [4.78, 5) is 23.6. The summed E-state index contributed by atoms with van der Waals surface area (Å²) in [6.07, 6.45) is 15.5. The average Bonchev–Trinajstić information content (AvgIpc) is 2.82. The Morgan fingerprint density at radius 3 is 1.62 bits per heavy atom. The molecule has 37 heavy (non-hydrogen) atoms. The second-order valence-electron chi connectivity index (χ2n) is 9.39. The van der Waals surface area contributed by atoms with Crippen molar-refractivity contribution in [3.63, 3.8) is 0 Å². The van der Waals surface area contributed by atoms with Gasteiger partial charge in [0, 0.05) is 24.7 Å². The van der Waals surface area contributed by atoms with Crippen LogP contribution in [0.15, 0.2) is 24.3 Å². The van der Waals surface area contributed by atoms with E-state index in [9.17, 15) is 9.59 Å². The maximum absolute atomic E-state index is 12.4. The number of unbranched alkanes of at least 4 members (excludes halogenated alkanes) is 12. The molecule has 0 fully saturated rings. The third kappa shape index (κ3) is 17.8. The molecule has 0 aliphatic heterocycles. The van der Waals surface area contributed by atoms with Gasteiger partial charge in [0.1, 0.15) is 6.17 Å². The quantitative estimate of drug-likeness (QED) is 0.0596. The van der Waals surface area contributed by atoms with E-state index in [-0.39, 0.29) is 16.9 Å². The van der Waals surface area contributed by atoms with Gasteiger partial charge >= 0.3 is 0 Å². The molecule has 6 nitrogen and oxygen atoms in total. The van der Waals surface area contributed by atoms with Gasteiger partial charge in [-0.2, -0.15) is 0 Å². The molecule has 0 saturated carbocycles. The van der Waals surface area contributed by atoms with E-state index in [2.05, 4.69) is 28.2 Å². The normalized spacial score (nSPS) is 12.0. The second-order valence-corrected chi connectivity index (χ2v) is 12.2. The van der Waals surface area contributed by atoms with Crippen molar-refractivity contribution in [2.75, 3.05) is 10.6 Å². The van der Waals surface area contributed by atoms with Crippen molar-refractivity contribution in [3.05, 3.63) is 24.3 Å². The van der Waals surface area contributed by atoms with Crippen molar-refractivity contribution in [3.8, 4) is 0 Å². The molecule has 0 aromatic heterocycles. The van der Waals surface area contributed by atoms with E-state index >= 15 is 0 Å². The number of amides is 2. The number of carbonyl (C=O) groups is 2. The summed E-state index contributed by atoms with van der Waals surface area (Å²) in [5, 5.41) is 11.4. The van der Waals surface area contributed by atoms with E-state index in [1.807, 2.05) is 0 Å². The molecule has 10 heteroatoms. The summed E-state index contributed by atoms with van der Waals surface area (Å²) in [6.45, 7) is 3.69. The minimum atomic E-state index is -1.80. The molecule has 1 aromatic rings. The molecule has 0 unspecified atom stereocenters. The molecule has 1 rings (SSSR count). The number of halogens is 3. The summed E-state index contributed by atoms with van der Waals surface area (Å²) in [7, 11) is 0. The molecule has 0 radical (unpaired) electrons. The number of thiocarbonyl (C=S) groups is 1. The van der Waals surface area contributed by atoms with Crippen LogP contribution in [-0.4, -0.2) is 26.9 Å². The van der Waals surface area contributed by atoms with Crippen molar-refractivity contribution < 1.29 is 9.59 Å². The van der Waals surface area contributed by atoms with Gasteiger partial charge < -0.3 is 21.3 Å². The van der Waals surface area contributed by atoms with E-state index in [0.29, 0.717) is 17.8 Å². The lowest BCUT2D eigenvalue weighted by atomic mass is 10.0. The number of benzene rings is 1. The summed E-state index contributed by atoms with van der Waals surface area (Å²) in [5.74, 6) is -0.354. The predicted molar refractivity (Wildman–Crippen MR) is 163 cm³/mol. The maximum Gasteiger partial charge on any atom is 0.228 e. The molecule has 0 saturated heterocycles. The van der Waals surface area contributed by atoms with E-state index in [0.717, 1.165) is 19.3 Å². The lowest BCUT2D eigenvalue weighted by Crippen LogP contribution is -2.56. The highest BCUT2D eigenvalue weighted by atomic mass is 35.6. The largest absolute Gasteiger partial charge is 0.339 e. The third-order valence-corrected chi connectivity index (χ3v) is 6.75. The first-order valence-corrected chi connectivity index (χ1v) is 15.0. The van der Waals surface area contributed by atoms with Gasteiger partial charge in [-0.05, 0) is 42.9 Å². The minimum Gasteiger partial charge on any atom is -0.339 e. The highest BCUT2D eigenvalue weighted by Crippen LogP contribution is 2.29. The Kier molecular flexibility index (Phi) is 18.0. The molecule has 0 aliphatic carbocycles. The number of hydrogen-bond acceptors (Lipinski definition) is 3. The van der Waals surface area contributed by atoms with Gasteiger partial charge in [-0.25, -0.2) is 0 Å². The highest BCUT2D eigenvalue weighted by Gasteiger charge is 2.34. The van der Waals surface area contributed by atoms with E-state index in [1.54, 1.807) is 24.3 Å². The summed E-state index contributed by atoms with van der Waals surface area (Å²) >= 11 is 23.5. The Hall–Kier alpha value is -1.28. The number of alkyl halides is 3. The molecule has 0 bridgehead atoms. The molecule has 1 aromatic carbocycles. The van der Waals surface area contributed by atoms with Crippen LogP contribution < -0.4 is 21.3 Å². The lowest BCUT2D eigenvalue weighted by molar-refractivity contribution is -0.122. The predicted octanol–water partition coefficient (Wildman–Crippen LogP) is 8.23. The zero-order chi connectivity index (χ0) is 27.5. The molecule has 0 aliphatic rings. The first kappa shape index (κ1) is 33.7. The topological polar surface area (TPSA) is 82.3 Å². The summed E-state index contributed by atoms with van der Waals surface area (Å²) in [5.41, 5.74) is 1.34. The first-order chi connectivity index (χ1) is 17.6. The van der Waals surface area contributed by atoms with Crippen LogP contribution in [0.2, 0.25) is 0 Å². The standard InChI is InChI=1S/C27H43Cl3N4O2S/c1-3-4-5-6-7-8-9-10-11-12-13-14-15-16-24(36)33-25(27(28,29)30)34-26(37)32-23-19-17-22(18-20-23)31-21(2)35/h17-20,25H,3-16H2,1-2H3,(H,31,35)(H,33,36)(H2,32,34,37)/t25-/m1/s1. The number of nitrogens with one attached hydrogen (secondary N) is 4. The molecule has 4 N–H and O–H groups in total. The molecule has 210 valence electrons. The number of rotatable bonds is 18. The molecule has 0 spiro atoms. The second kappa shape index (κ2) is 19.7.